The van der Waals surface area contributed by atoms with Gasteiger partial charge in [-0.2, -0.15) is 0 Å². The van der Waals surface area contributed by atoms with E-state index in [4.69, 9.17) is 4.74 Å². The number of hydrogen-bond acceptors (Lipinski definition) is 4. The number of benzene rings is 1. The lowest BCUT2D eigenvalue weighted by molar-refractivity contribution is -0.649. The van der Waals surface area contributed by atoms with Crippen LogP contribution in [0.5, 0.6) is 5.75 Å². The van der Waals surface area contributed by atoms with Crippen molar-refractivity contribution in [1.29, 1.82) is 0 Å². The highest BCUT2D eigenvalue weighted by Gasteiger charge is 2.06. The molecule has 98 valence electrons. The Morgan fingerprint density at radius 3 is 2.50 bits per heavy atom. The van der Waals surface area contributed by atoms with Gasteiger partial charge in [0.1, 0.15) is 12.3 Å². The number of carboxylic acids is 1. The van der Waals surface area contributed by atoms with Gasteiger partial charge >= 0.3 is 0 Å². The number of ether oxygens (including phenoxy) is 1. The SMILES string of the molecule is CCOc1ccc(C(=O)CC[NH2+]CC(=O)[O-])cc1. The molecule has 0 fully saturated rings. The van der Waals surface area contributed by atoms with Crippen molar-refractivity contribution in [3.8, 4) is 5.75 Å². The second kappa shape index (κ2) is 7.45. The topological polar surface area (TPSA) is 83.0 Å². The number of carboxylic acid groups (broad SMARTS) is 1. The number of nitrogens with two attached hydrogens (primary N) is 1. The predicted molar refractivity (Wildman–Crippen MR) is 63.2 cm³/mol. The van der Waals surface area contributed by atoms with Gasteiger partial charge in [-0.3, -0.25) is 4.79 Å². The number of quaternary nitrogens is 1. The van der Waals surface area contributed by atoms with Crippen LogP contribution in [0.3, 0.4) is 0 Å². The fraction of sp³-hybridized carbons (Fsp3) is 0.385. The summed E-state index contributed by atoms with van der Waals surface area (Å²) in [7, 11) is 0. The lowest BCUT2D eigenvalue weighted by Crippen LogP contribution is -2.87. The Kier molecular flexibility index (Phi) is 5.87. The maximum Gasteiger partial charge on any atom is 0.168 e. The molecular weight excluding hydrogens is 234 g/mol. The summed E-state index contributed by atoms with van der Waals surface area (Å²) >= 11 is 0. The summed E-state index contributed by atoms with van der Waals surface area (Å²) in [6.07, 6.45) is 0.307. The molecule has 2 N–H and O–H groups in total. The second-order valence-electron chi connectivity index (χ2n) is 3.78. The van der Waals surface area contributed by atoms with E-state index in [1.54, 1.807) is 29.6 Å². The number of hydrogen-bond donors (Lipinski definition) is 1. The van der Waals surface area contributed by atoms with E-state index in [0.29, 0.717) is 25.1 Å². The van der Waals surface area contributed by atoms with Crippen LogP contribution < -0.4 is 15.2 Å². The van der Waals surface area contributed by atoms with Crippen molar-refractivity contribution in [2.75, 3.05) is 19.7 Å². The third kappa shape index (κ3) is 4.97. The Bertz CT molecular complexity index is 400. The van der Waals surface area contributed by atoms with E-state index in [0.717, 1.165) is 5.75 Å². The van der Waals surface area contributed by atoms with Gasteiger partial charge in [0.05, 0.1) is 25.5 Å². The molecule has 5 nitrogen and oxygen atoms in total. The van der Waals surface area contributed by atoms with Crippen molar-refractivity contribution in [3.63, 3.8) is 0 Å². The van der Waals surface area contributed by atoms with Crippen molar-refractivity contribution >= 4 is 11.8 Å². The summed E-state index contributed by atoms with van der Waals surface area (Å²) in [5, 5.41) is 11.7. The zero-order chi connectivity index (χ0) is 13.4. The summed E-state index contributed by atoms with van der Waals surface area (Å²) in [5.41, 5.74) is 0.611. The zero-order valence-corrected chi connectivity index (χ0v) is 10.3. The molecule has 0 aliphatic carbocycles. The largest absolute Gasteiger partial charge is 0.544 e. The van der Waals surface area contributed by atoms with Crippen LogP contribution in [0.4, 0.5) is 0 Å². The van der Waals surface area contributed by atoms with E-state index in [1.807, 2.05) is 6.92 Å². The van der Waals surface area contributed by atoms with E-state index < -0.39 is 5.97 Å². The molecular formula is C13H17NO4. The molecule has 0 amide bonds. The van der Waals surface area contributed by atoms with Gasteiger partial charge in [0.25, 0.3) is 0 Å². The summed E-state index contributed by atoms with van der Waals surface area (Å²) in [4.78, 5) is 21.9. The lowest BCUT2D eigenvalue weighted by Gasteiger charge is -2.05. The van der Waals surface area contributed by atoms with Gasteiger partial charge in [0.2, 0.25) is 0 Å². The zero-order valence-electron chi connectivity index (χ0n) is 10.3. The van der Waals surface area contributed by atoms with E-state index in [2.05, 4.69) is 0 Å². The monoisotopic (exact) mass is 251 g/mol. The summed E-state index contributed by atoms with van der Waals surface area (Å²) in [6.45, 7) is 2.81. The number of ketones is 1. The van der Waals surface area contributed by atoms with Gasteiger partial charge in [-0.1, -0.05) is 0 Å². The Hall–Kier alpha value is -1.88. The van der Waals surface area contributed by atoms with Crippen LogP contribution >= 0.6 is 0 Å². The van der Waals surface area contributed by atoms with Crippen LogP contribution in [0.15, 0.2) is 24.3 Å². The minimum Gasteiger partial charge on any atom is -0.544 e. The van der Waals surface area contributed by atoms with Gasteiger partial charge in [0.15, 0.2) is 5.78 Å². The first-order valence-electron chi connectivity index (χ1n) is 5.91. The Labute approximate surface area is 106 Å². The lowest BCUT2D eigenvalue weighted by atomic mass is 10.1. The standard InChI is InChI=1S/C13H17NO4/c1-2-18-11-5-3-10(4-6-11)12(15)7-8-14-9-13(16)17/h3-6,14H,2,7-9H2,1H3,(H,16,17). The molecule has 0 aliphatic rings. The van der Waals surface area contributed by atoms with E-state index in [-0.39, 0.29) is 12.3 Å². The Balaban J connectivity index is 2.39. The van der Waals surface area contributed by atoms with Gasteiger partial charge in [-0.15, -0.1) is 0 Å². The van der Waals surface area contributed by atoms with E-state index in [9.17, 15) is 14.7 Å². The van der Waals surface area contributed by atoms with Crippen molar-refractivity contribution in [3.05, 3.63) is 29.8 Å². The number of Topliss-reactive ketones (excluding diaryl/α,β-unsaturated/α-hetero) is 1. The molecule has 18 heavy (non-hydrogen) atoms. The first-order chi connectivity index (χ1) is 8.63. The van der Waals surface area contributed by atoms with Gasteiger partial charge in [0, 0.05) is 5.56 Å². The molecule has 0 atom stereocenters. The molecule has 1 aromatic rings. The Morgan fingerprint density at radius 2 is 1.94 bits per heavy atom. The van der Waals surface area contributed by atoms with Crippen LogP contribution in [-0.2, 0) is 4.79 Å². The third-order valence-corrected chi connectivity index (χ3v) is 2.37. The first-order valence-corrected chi connectivity index (χ1v) is 5.91. The summed E-state index contributed by atoms with van der Waals surface area (Å²) in [6, 6.07) is 6.93. The normalized spacial score (nSPS) is 10.1. The molecule has 0 aromatic heterocycles. The van der Waals surface area contributed by atoms with Gasteiger partial charge in [-0.25, -0.2) is 0 Å². The predicted octanol–water partition coefficient (Wildman–Crippen LogP) is -1.03. The first kappa shape index (κ1) is 14.2. The van der Waals surface area contributed by atoms with Crippen molar-refractivity contribution in [1.82, 2.24) is 0 Å². The minimum atomic E-state index is -1.12. The fourth-order valence-electron chi connectivity index (χ4n) is 1.50. The highest BCUT2D eigenvalue weighted by Crippen LogP contribution is 2.12. The number of carbonyl (C=O) groups is 2. The van der Waals surface area contributed by atoms with Crippen LogP contribution in [0.25, 0.3) is 0 Å². The molecule has 0 saturated carbocycles. The summed E-state index contributed by atoms with van der Waals surface area (Å²) in [5.74, 6) is -0.395. The molecule has 0 heterocycles. The van der Waals surface area contributed by atoms with Crippen molar-refractivity contribution < 1.29 is 24.7 Å². The third-order valence-electron chi connectivity index (χ3n) is 2.37. The van der Waals surface area contributed by atoms with E-state index >= 15 is 0 Å². The second-order valence-corrected chi connectivity index (χ2v) is 3.78. The molecule has 0 spiro atoms. The molecule has 0 aliphatic heterocycles. The smallest absolute Gasteiger partial charge is 0.168 e. The molecule has 0 radical (unpaired) electrons. The van der Waals surface area contributed by atoms with Crippen molar-refractivity contribution in [2.45, 2.75) is 13.3 Å². The van der Waals surface area contributed by atoms with Crippen LogP contribution in [-0.4, -0.2) is 31.4 Å². The maximum atomic E-state index is 11.7. The van der Waals surface area contributed by atoms with Crippen LogP contribution in [0, 0.1) is 0 Å². The molecule has 5 heteroatoms. The number of aliphatic carboxylic acids is 1. The average molecular weight is 251 g/mol. The molecule has 1 rings (SSSR count). The fourth-order valence-corrected chi connectivity index (χ4v) is 1.50. The molecule has 1 aromatic carbocycles. The van der Waals surface area contributed by atoms with E-state index in [1.165, 1.54) is 0 Å². The quantitative estimate of drug-likeness (QED) is 0.473. The minimum absolute atomic E-state index is 0.00681. The molecule has 0 unspecified atom stereocenters. The maximum absolute atomic E-state index is 11.7. The summed E-state index contributed by atoms with van der Waals surface area (Å²) < 4.78 is 5.28. The van der Waals surface area contributed by atoms with Crippen LogP contribution in [0.2, 0.25) is 0 Å². The highest BCUT2D eigenvalue weighted by molar-refractivity contribution is 5.96. The average Bonchev–Trinajstić information content (AvgIpc) is 2.35. The number of rotatable bonds is 8. The highest BCUT2D eigenvalue weighted by atomic mass is 16.5. The molecule has 0 saturated heterocycles. The van der Waals surface area contributed by atoms with Gasteiger partial charge in [-0.05, 0) is 31.2 Å². The molecule has 0 bridgehead atoms. The van der Waals surface area contributed by atoms with Crippen molar-refractivity contribution in [2.24, 2.45) is 0 Å². The number of carbonyl (C=O) groups excluding carboxylic acids is 2. The Morgan fingerprint density at radius 1 is 1.28 bits per heavy atom. The van der Waals surface area contributed by atoms with Crippen LogP contribution in [0.1, 0.15) is 23.7 Å². The van der Waals surface area contributed by atoms with Gasteiger partial charge < -0.3 is 20.0 Å².